The van der Waals surface area contributed by atoms with Crippen LogP contribution in [0.4, 0.5) is 5.69 Å². The van der Waals surface area contributed by atoms with Gasteiger partial charge in [-0.2, -0.15) is 0 Å². The van der Waals surface area contributed by atoms with E-state index in [1.54, 1.807) is 11.3 Å². The highest BCUT2D eigenvalue weighted by molar-refractivity contribution is 7.11. The number of hydrogen-bond acceptors (Lipinski definition) is 4. The lowest BCUT2D eigenvalue weighted by Gasteiger charge is -2.37. The fourth-order valence-electron chi connectivity index (χ4n) is 2.92. The predicted octanol–water partition coefficient (Wildman–Crippen LogP) is 2.66. The van der Waals surface area contributed by atoms with Crippen LogP contribution in [0.15, 0.2) is 35.3 Å². The lowest BCUT2D eigenvalue weighted by molar-refractivity contribution is 0.372. The molecule has 1 aliphatic rings. The van der Waals surface area contributed by atoms with Crippen LogP contribution in [0.5, 0.6) is 0 Å². The summed E-state index contributed by atoms with van der Waals surface area (Å²) in [6.07, 6.45) is 0. The number of benzene rings is 1. The summed E-state index contributed by atoms with van der Waals surface area (Å²) in [4.78, 5) is 15.1. The van der Waals surface area contributed by atoms with Gasteiger partial charge in [-0.25, -0.2) is 4.98 Å². The van der Waals surface area contributed by atoms with Gasteiger partial charge in [0.15, 0.2) is 5.96 Å². The van der Waals surface area contributed by atoms with Gasteiger partial charge in [0.25, 0.3) is 0 Å². The highest BCUT2D eigenvalue weighted by Gasteiger charge is 2.19. The first-order chi connectivity index (χ1) is 11.7. The van der Waals surface area contributed by atoms with Crippen LogP contribution in [-0.4, -0.2) is 49.1 Å². The largest absolute Gasteiger partial charge is 0.368 e. The highest BCUT2D eigenvalue weighted by Crippen LogP contribution is 2.17. The molecular formula is C18H25N5S. The van der Waals surface area contributed by atoms with Gasteiger partial charge in [0.1, 0.15) is 5.01 Å². The molecule has 1 aliphatic heterocycles. The number of aliphatic imine (C=N–C) groups is 1. The number of guanidine groups is 1. The van der Waals surface area contributed by atoms with E-state index in [4.69, 9.17) is 0 Å². The van der Waals surface area contributed by atoms with Crippen molar-refractivity contribution in [3.05, 3.63) is 45.9 Å². The molecule has 0 unspecified atom stereocenters. The number of rotatable bonds is 3. The van der Waals surface area contributed by atoms with E-state index >= 15 is 0 Å². The number of nitrogens with zero attached hydrogens (tertiary/aromatic N) is 4. The number of thiazole rings is 1. The van der Waals surface area contributed by atoms with E-state index in [1.807, 2.05) is 7.05 Å². The van der Waals surface area contributed by atoms with Crippen molar-refractivity contribution in [3.8, 4) is 0 Å². The summed E-state index contributed by atoms with van der Waals surface area (Å²) in [6, 6.07) is 10.6. The number of aromatic nitrogens is 1. The Morgan fingerprint density at radius 2 is 1.88 bits per heavy atom. The Morgan fingerprint density at radius 1 is 1.17 bits per heavy atom. The van der Waals surface area contributed by atoms with E-state index < -0.39 is 0 Å². The zero-order chi connectivity index (χ0) is 16.9. The standard InChI is InChI=1S/C18H25N5S/c1-14-15(2)24-17(21-14)13-20-18(19-3)23-11-9-22(10-12-23)16-7-5-4-6-8-16/h4-8H,9-13H2,1-3H3,(H,19,20). The van der Waals surface area contributed by atoms with Crippen LogP contribution in [-0.2, 0) is 6.54 Å². The molecule has 24 heavy (non-hydrogen) atoms. The van der Waals surface area contributed by atoms with E-state index in [0.717, 1.165) is 49.4 Å². The van der Waals surface area contributed by atoms with Gasteiger partial charge in [-0.05, 0) is 26.0 Å². The summed E-state index contributed by atoms with van der Waals surface area (Å²) in [5.41, 5.74) is 2.43. The fourth-order valence-corrected chi connectivity index (χ4v) is 3.79. The van der Waals surface area contributed by atoms with Crippen molar-refractivity contribution in [3.63, 3.8) is 0 Å². The molecule has 0 amide bonds. The second-order valence-corrected chi connectivity index (χ2v) is 7.25. The topological polar surface area (TPSA) is 43.8 Å². The quantitative estimate of drug-likeness (QED) is 0.687. The lowest BCUT2D eigenvalue weighted by atomic mass is 10.2. The third kappa shape index (κ3) is 3.87. The molecule has 1 saturated heterocycles. The molecule has 1 aromatic carbocycles. The van der Waals surface area contributed by atoms with Gasteiger partial charge >= 0.3 is 0 Å². The Morgan fingerprint density at radius 3 is 2.46 bits per heavy atom. The number of anilines is 1. The maximum atomic E-state index is 4.59. The van der Waals surface area contributed by atoms with Crippen LogP contribution in [0.1, 0.15) is 15.6 Å². The molecule has 0 radical (unpaired) electrons. The molecule has 6 heteroatoms. The van der Waals surface area contributed by atoms with Gasteiger partial charge < -0.3 is 15.1 Å². The molecule has 3 rings (SSSR count). The second-order valence-electron chi connectivity index (χ2n) is 5.96. The van der Waals surface area contributed by atoms with Crippen molar-refractivity contribution < 1.29 is 0 Å². The second kappa shape index (κ2) is 7.66. The van der Waals surface area contributed by atoms with Crippen molar-refractivity contribution in [1.82, 2.24) is 15.2 Å². The van der Waals surface area contributed by atoms with Gasteiger partial charge in [0.2, 0.25) is 0 Å². The third-order valence-electron chi connectivity index (χ3n) is 4.38. The number of aryl methyl sites for hydroxylation is 2. The predicted molar refractivity (Wildman–Crippen MR) is 102 cm³/mol. The third-order valence-corrected chi connectivity index (χ3v) is 5.46. The molecule has 1 fully saturated rings. The molecule has 0 aliphatic carbocycles. The number of piperazine rings is 1. The Hall–Kier alpha value is -2.08. The molecule has 1 aromatic heterocycles. The Bertz CT molecular complexity index is 667. The summed E-state index contributed by atoms with van der Waals surface area (Å²) >= 11 is 1.76. The first-order valence-corrected chi connectivity index (χ1v) is 9.17. The average Bonchev–Trinajstić information content (AvgIpc) is 2.95. The smallest absolute Gasteiger partial charge is 0.194 e. The maximum Gasteiger partial charge on any atom is 0.194 e. The zero-order valence-corrected chi connectivity index (χ0v) is 15.4. The molecule has 128 valence electrons. The molecule has 2 aromatic rings. The summed E-state index contributed by atoms with van der Waals surface area (Å²) in [6.45, 7) is 8.90. The Kier molecular flexibility index (Phi) is 5.35. The van der Waals surface area contributed by atoms with Crippen LogP contribution >= 0.6 is 11.3 Å². The molecule has 0 saturated carbocycles. The van der Waals surface area contributed by atoms with Crippen molar-refractivity contribution in [2.45, 2.75) is 20.4 Å². The van der Waals surface area contributed by atoms with Crippen molar-refractivity contribution in [1.29, 1.82) is 0 Å². The number of hydrogen-bond donors (Lipinski definition) is 1. The molecule has 0 bridgehead atoms. The first-order valence-electron chi connectivity index (χ1n) is 8.36. The SMILES string of the molecule is CN=C(NCc1nc(C)c(C)s1)N1CCN(c2ccccc2)CC1. The first kappa shape index (κ1) is 16.8. The average molecular weight is 344 g/mol. The van der Waals surface area contributed by atoms with Gasteiger partial charge in [-0.3, -0.25) is 4.99 Å². The van der Waals surface area contributed by atoms with Crippen LogP contribution in [0, 0.1) is 13.8 Å². The summed E-state index contributed by atoms with van der Waals surface area (Å²) in [5.74, 6) is 0.966. The van der Waals surface area contributed by atoms with Crippen molar-refractivity contribution in [2.75, 3.05) is 38.1 Å². The van der Waals surface area contributed by atoms with Gasteiger partial charge in [-0.15, -0.1) is 11.3 Å². The van der Waals surface area contributed by atoms with E-state index in [2.05, 4.69) is 69.3 Å². The molecule has 2 heterocycles. The minimum atomic E-state index is 0.741. The minimum Gasteiger partial charge on any atom is -0.368 e. The highest BCUT2D eigenvalue weighted by atomic mass is 32.1. The van der Waals surface area contributed by atoms with E-state index in [0.29, 0.717) is 0 Å². The maximum absolute atomic E-state index is 4.59. The van der Waals surface area contributed by atoms with Gasteiger partial charge in [-0.1, -0.05) is 18.2 Å². The van der Waals surface area contributed by atoms with E-state index in [-0.39, 0.29) is 0 Å². The van der Waals surface area contributed by atoms with Gasteiger partial charge in [0, 0.05) is 43.8 Å². The van der Waals surface area contributed by atoms with E-state index in [9.17, 15) is 0 Å². The zero-order valence-electron chi connectivity index (χ0n) is 14.6. The fraction of sp³-hybridized carbons (Fsp3) is 0.444. The normalized spacial score (nSPS) is 15.7. The number of nitrogens with one attached hydrogen (secondary N) is 1. The molecular weight excluding hydrogens is 318 g/mol. The molecule has 0 atom stereocenters. The molecule has 5 nitrogen and oxygen atoms in total. The summed E-state index contributed by atoms with van der Waals surface area (Å²) in [5, 5.41) is 4.58. The van der Waals surface area contributed by atoms with Crippen LogP contribution in [0.3, 0.4) is 0 Å². The van der Waals surface area contributed by atoms with Gasteiger partial charge in [0.05, 0.1) is 12.2 Å². The summed E-state index contributed by atoms with van der Waals surface area (Å²) in [7, 11) is 1.85. The Labute approximate surface area is 148 Å². The van der Waals surface area contributed by atoms with Crippen molar-refractivity contribution >= 4 is 23.0 Å². The van der Waals surface area contributed by atoms with Crippen LogP contribution in [0.2, 0.25) is 0 Å². The van der Waals surface area contributed by atoms with Crippen LogP contribution < -0.4 is 10.2 Å². The number of para-hydroxylation sites is 1. The molecule has 1 N–H and O–H groups in total. The van der Waals surface area contributed by atoms with Crippen molar-refractivity contribution in [2.24, 2.45) is 4.99 Å². The molecule has 0 spiro atoms. The Balaban J connectivity index is 1.54. The van der Waals surface area contributed by atoms with E-state index in [1.165, 1.54) is 10.6 Å². The van der Waals surface area contributed by atoms with Crippen LogP contribution in [0.25, 0.3) is 0 Å². The lowest BCUT2D eigenvalue weighted by Crippen LogP contribution is -2.52. The monoisotopic (exact) mass is 343 g/mol. The minimum absolute atomic E-state index is 0.741. The summed E-state index contributed by atoms with van der Waals surface area (Å²) < 4.78 is 0.